The maximum absolute atomic E-state index is 12.6. The maximum Gasteiger partial charge on any atom is 0.326 e. The van der Waals surface area contributed by atoms with Crippen molar-refractivity contribution in [3.63, 3.8) is 0 Å². The summed E-state index contributed by atoms with van der Waals surface area (Å²) >= 11 is 0. The standard InChI is InChI=1S/C32H43N9O12S/c33-54(52,53)22-6-4-21(5-7-22)10-11-36-27(42)9-8-24(31(49)50)38-32(51)37-23(30(47)48)3-1-2-14-39(17-25-34-12-15-40(25)19-28(43)44)18-26-35-13-16-41(26)20-29(45)46/h4-7,12-13,15-16,23-24H,1-3,8-11,14,17-20H2,(H,36,42)(H,43,44)(H,45,46)(H,47,48)(H,49,50)(H2,33,52,53)(H2,37,38,51)/t23-,24-/m0/s1. The molecule has 54 heavy (non-hydrogen) atoms. The number of aromatic nitrogens is 4. The lowest BCUT2D eigenvalue weighted by molar-refractivity contribution is -0.140. The SMILES string of the molecule is NS(=O)(=O)c1ccc(CCNC(=O)CC[C@H](NC(=O)N[C@@H](CCCCN(Cc2nccn2CC(=O)O)Cc2nccn2CC(=O)O)C(=O)O)C(=O)O)cc1. The number of nitrogens with zero attached hydrogens (tertiary/aromatic N) is 5. The Morgan fingerprint density at radius 3 is 1.78 bits per heavy atom. The lowest BCUT2D eigenvalue weighted by atomic mass is 10.1. The summed E-state index contributed by atoms with van der Waals surface area (Å²) in [6.45, 7) is 0.161. The van der Waals surface area contributed by atoms with Crippen LogP contribution in [0.2, 0.25) is 0 Å². The summed E-state index contributed by atoms with van der Waals surface area (Å²) in [4.78, 5) is 81.6. The first-order valence-corrected chi connectivity index (χ1v) is 18.1. The lowest BCUT2D eigenvalue weighted by Gasteiger charge is -2.23. The van der Waals surface area contributed by atoms with Crippen molar-refractivity contribution in [1.29, 1.82) is 0 Å². The Labute approximate surface area is 309 Å². The number of carbonyl (C=O) groups excluding carboxylic acids is 2. The van der Waals surface area contributed by atoms with E-state index in [2.05, 4.69) is 25.9 Å². The van der Waals surface area contributed by atoms with Gasteiger partial charge in [-0.1, -0.05) is 12.1 Å². The van der Waals surface area contributed by atoms with Gasteiger partial charge in [-0.3, -0.25) is 19.3 Å². The highest BCUT2D eigenvalue weighted by atomic mass is 32.2. The third-order valence-electron chi connectivity index (χ3n) is 8.02. The van der Waals surface area contributed by atoms with Gasteiger partial charge in [-0.2, -0.15) is 0 Å². The number of hydrogen-bond donors (Lipinski definition) is 8. The van der Waals surface area contributed by atoms with Gasteiger partial charge in [0.25, 0.3) is 0 Å². The number of primary sulfonamides is 1. The van der Waals surface area contributed by atoms with Crippen LogP contribution in [0.25, 0.3) is 0 Å². The third-order valence-corrected chi connectivity index (χ3v) is 8.95. The van der Waals surface area contributed by atoms with E-state index in [1.54, 1.807) is 12.1 Å². The number of carbonyl (C=O) groups is 6. The average molecular weight is 778 g/mol. The Morgan fingerprint density at radius 1 is 0.778 bits per heavy atom. The number of benzene rings is 1. The summed E-state index contributed by atoms with van der Waals surface area (Å²) in [5.41, 5.74) is 0.719. The van der Waals surface area contributed by atoms with Gasteiger partial charge >= 0.3 is 29.9 Å². The molecule has 22 heteroatoms. The molecule has 0 aliphatic heterocycles. The molecule has 21 nitrogen and oxygen atoms in total. The number of imidazole rings is 2. The quantitative estimate of drug-likeness (QED) is 0.0527. The first-order valence-electron chi connectivity index (χ1n) is 16.6. The minimum absolute atomic E-state index is 0.0389. The Bertz CT molecular complexity index is 1820. The van der Waals surface area contributed by atoms with Crippen molar-refractivity contribution in [2.24, 2.45) is 5.14 Å². The molecule has 2 aromatic heterocycles. The molecule has 1 aromatic carbocycles. The van der Waals surface area contributed by atoms with Gasteiger partial charge < -0.3 is 45.5 Å². The number of rotatable bonds is 24. The summed E-state index contributed by atoms with van der Waals surface area (Å²) in [6, 6.07) is 1.80. The van der Waals surface area contributed by atoms with Crippen LogP contribution in [-0.4, -0.2) is 114 Å². The van der Waals surface area contributed by atoms with Crippen molar-refractivity contribution >= 4 is 45.8 Å². The third kappa shape index (κ3) is 14.6. The van der Waals surface area contributed by atoms with Crippen molar-refractivity contribution in [1.82, 2.24) is 40.0 Å². The number of nitrogens with two attached hydrogens (primary N) is 1. The van der Waals surface area contributed by atoms with Crippen molar-refractivity contribution in [3.05, 3.63) is 66.3 Å². The first kappa shape index (κ1) is 42.5. The van der Waals surface area contributed by atoms with Gasteiger partial charge in [-0.15, -0.1) is 0 Å². The molecule has 3 rings (SSSR count). The van der Waals surface area contributed by atoms with E-state index in [1.807, 2.05) is 4.90 Å². The number of hydrogen-bond acceptors (Lipinski definition) is 11. The van der Waals surface area contributed by atoms with E-state index in [0.717, 1.165) is 5.56 Å². The molecule has 0 spiro atoms. The Hall–Kier alpha value is -5.87. The fraction of sp³-hybridized carbons (Fsp3) is 0.438. The number of carboxylic acid groups (broad SMARTS) is 4. The Morgan fingerprint density at radius 2 is 1.30 bits per heavy atom. The van der Waals surface area contributed by atoms with Gasteiger partial charge in [-0.25, -0.2) is 37.9 Å². The summed E-state index contributed by atoms with van der Waals surface area (Å²) in [7, 11) is -3.84. The number of aliphatic carboxylic acids is 4. The molecule has 9 N–H and O–H groups in total. The monoisotopic (exact) mass is 777 g/mol. The van der Waals surface area contributed by atoms with Crippen LogP contribution in [0.3, 0.4) is 0 Å². The van der Waals surface area contributed by atoms with Crippen LogP contribution in [-0.2, 0) is 66.6 Å². The summed E-state index contributed by atoms with van der Waals surface area (Å²) in [5.74, 6) is -4.59. The van der Waals surface area contributed by atoms with E-state index >= 15 is 0 Å². The number of unbranched alkanes of at least 4 members (excludes halogenated alkanes) is 1. The van der Waals surface area contributed by atoms with Crippen LogP contribution in [0.1, 0.15) is 49.3 Å². The highest BCUT2D eigenvalue weighted by Gasteiger charge is 2.25. The predicted molar refractivity (Wildman–Crippen MR) is 186 cm³/mol. The summed E-state index contributed by atoms with van der Waals surface area (Å²) in [5, 5.41) is 49.9. The normalized spacial score (nSPS) is 12.5. The topological polar surface area (TPSA) is 318 Å². The molecule has 0 radical (unpaired) electrons. The molecule has 0 aliphatic carbocycles. The molecule has 294 valence electrons. The molecule has 0 saturated carbocycles. The predicted octanol–water partition coefficient (Wildman–Crippen LogP) is -0.587. The number of urea groups is 1. The van der Waals surface area contributed by atoms with E-state index in [4.69, 9.17) is 5.14 Å². The maximum atomic E-state index is 12.6. The minimum atomic E-state index is -3.84. The second-order valence-corrected chi connectivity index (χ2v) is 13.7. The second-order valence-electron chi connectivity index (χ2n) is 12.2. The van der Waals surface area contributed by atoms with Gasteiger partial charge in [0.2, 0.25) is 15.9 Å². The highest BCUT2D eigenvalue weighted by Crippen LogP contribution is 2.13. The van der Waals surface area contributed by atoms with E-state index < -0.39 is 57.9 Å². The highest BCUT2D eigenvalue weighted by molar-refractivity contribution is 7.89. The van der Waals surface area contributed by atoms with Crippen molar-refractivity contribution in [2.45, 2.75) is 81.7 Å². The van der Waals surface area contributed by atoms with Gasteiger partial charge in [0, 0.05) is 37.8 Å². The fourth-order valence-electron chi connectivity index (χ4n) is 5.29. The lowest BCUT2D eigenvalue weighted by Crippen LogP contribution is -2.51. The van der Waals surface area contributed by atoms with Crippen LogP contribution in [0.5, 0.6) is 0 Å². The zero-order valence-electron chi connectivity index (χ0n) is 29.0. The Balaban J connectivity index is 1.50. The van der Waals surface area contributed by atoms with Gasteiger partial charge in [0.15, 0.2) is 0 Å². The van der Waals surface area contributed by atoms with Crippen molar-refractivity contribution in [3.8, 4) is 0 Å². The number of carboxylic acids is 4. The van der Waals surface area contributed by atoms with Gasteiger partial charge in [0.05, 0.1) is 18.0 Å². The molecule has 0 fully saturated rings. The van der Waals surface area contributed by atoms with Crippen LogP contribution >= 0.6 is 0 Å². The van der Waals surface area contributed by atoms with Gasteiger partial charge in [0.1, 0.15) is 36.8 Å². The molecule has 3 amide bonds. The molecule has 0 bridgehead atoms. The van der Waals surface area contributed by atoms with E-state index in [1.165, 1.54) is 46.1 Å². The molecule has 3 aromatic rings. The minimum Gasteiger partial charge on any atom is -0.480 e. The van der Waals surface area contributed by atoms with Gasteiger partial charge in [-0.05, 0) is 56.3 Å². The molecule has 0 saturated heterocycles. The smallest absolute Gasteiger partial charge is 0.326 e. The summed E-state index contributed by atoms with van der Waals surface area (Å²) < 4.78 is 25.7. The van der Waals surface area contributed by atoms with Crippen LogP contribution < -0.4 is 21.1 Å². The van der Waals surface area contributed by atoms with Crippen LogP contribution in [0.15, 0.2) is 53.9 Å². The molecular weight excluding hydrogens is 734 g/mol. The number of amides is 3. The molecule has 0 aliphatic rings. The molecule has 2 heterocycles. The second kappa shape index (κ2) is 20.4. The van der Waals surface area contributed by atoms with Crippen LogP contribution in [0, 0.1) is 0 Å². The molecule has 2 atom stereocenters. The largest absolute Gasteiger partial charge is 0.480 e. The van der Waals surface area contributed by atoms with Crippen LogP contribution in [0.4, 0.5) is 4.79 Å². The molecular formula is C32H43N9O12S. The zero-order chi connectivity index (χ0) is 39.8. The molecule has 0 unspecified atom stereocenters. The Kier molecular flexibility index (Phi) is 16.1. The number of sulfonamides is 1. The first-order chi connectivity index (χ1) is 25.5. The number of nitrogens with one attached hydrogen (secondary N) is 3. The fourth-order valence-corrected chi connectivity index (χ4v) is 5.80. The van der Waals surface area contributed by atoms with Crippen molar-refractivity contribution < 1.29 is 57.6 Å². The average Bonchev–Trinajstić information content (AvgIpc) is 3.71. The van der Waals surface area contributed by atoms with E-state index in [-0.39, 0.29) is 63.3 Å². The zero-order valence-corrected chi connectivity index (χ0v) is 29.9. The van der Waals surface area contributed by atoms with Crippen molar-refractivity contribution in [2.75, 3.05) is 13.1 Å². The van der Waals surface area contributed by atoms with E-state index in [0.29, 0.717) is 31.0 Å². The van der Waals surface area contributed by atoms with E-state index in [9.17, 15) is 57.6 Å². The summed E-state index contributed by atoms with van der Waals surface area (Å²) in [6.07, 6.45) is 6.34.